The molecule has 0 bridgehead atoms. The first kappa shape index (κ1) is 14.4. The lowest BCUT2D eigenvalue weighted by atomic mass is 9.95. The van der Waals surface area contributed by atoms with Crippen molar-refractivity contribution < 1.29 is 4.79 Å². The Labute approximate surface area is 135 Å². The molecule has 2 aromatic heterocycles. The van der Waals surface area contributed by atoms with E-state index in [-0.39, 0.29) is 11.9 Å². The van der Waals surface area contributed by atoms with Gasteiger partial charge in [-0.2, -0.15) is 5.10 Å². The van der Waals surface area contributed by atoms with Gasteiger partial charge in [-0.3, -0.25) is 19.9 Å². The van der Waals surface area contributed by atoms with Gasteiger partial charge in [0.05, 0.1) is 23.6 Å². The second kappa shape index (κ2) is 5.76. The van der Waals surface area contributed by atoms with Crippen LogP contribution in [-0.2, 0) is 12.8 Å². The molecule has 1 aliphatic heterocycles. The summed E-state index contributed by atoms with van der Waals surface area (Å²) in [5, 5.41) is 7.40. The van der Waals surface area contributed by atoms with E-state index in [0.717, 1.165) is 61.3 Å². The zero-order valence-corrected chi connectivity index (χ0v) is 13.4. The Hall–Kier alpha value is -2.24. The maximum absolute atomic E-state index is 13.0. The van der Waals surface area contributed by atoms with Crippen molar-refractivity contribution in [2.24, 2.45) is 0 Å². The van der Waals surface area contributed by atoms with Crippen molar-refractivity contribution in [1.82, 2.24) is 25.1 Å². The number of carbonyl (C=O) groups excluding carboxylic acids is 1. The summed E-state index contributed by atoms with van der Waals surface area (Å²) >= 11 is 0. The second-order valence-corrected chi connectivity index (χ2v) is 6.48. The molecule has 1 amide bonds. The van der Waals surface area contributed by atoms with Crippen LogP contribution in [0.2, 0.25) is 0 Å². The molecule has 0 spiro atoms. The molecule has 23 heavy (non-hydrogen) atoms. The first-order chi connectivity index (χ1) is 11.2. The summed E-state index contributed by atoms with van der Waals surface area (Å²) in [5.74, 6) is 0.0372. The molecule has 1 N–H and O–H groups in total. The largest absolute Gasteiger partial charge is 0.329 e. The van der Waals surface area contributed by atoms with E-state index in [9.17, 15) is 4.79 Å². The van der Waals surface area contributed by atoms with Crippen molar-refractivity contribution in [2.75, 3.05) is 6.54 Å². The number of hydrogen-bond donors (Lipinski definition) is 1. The number of nitrogens with zero attached hydrogens (tertiary/aromatic N) is 4. The van der Waals surface area contributed by atoms with Crippen LogP contribution in [0.15, 0.2) is 12.4 Å². The van der Waals surface area contributed by atoms with E-state index in [1.165, 1.54) is 6.42 Å². The van der Waals surface area contributed by atoms with Gasteiger partial charge in [0.15, 0.2) is 5.69 Å². The van der Waals surface area contributed by atoms with Crippen LogP contribution in [0, 0.1) is 6.92 Å². The minimum Gasteiger partial charge on any atom is -0.329 e. The molecule has 0 radical (unpaired) electrons. The molecule has 1 saturated heterocycles. The molecule has 6 heteroatoms. The smallest absolute Gasteiger partial charge is 0.275 e. The fourth-order valence-electron chi connectivity index (χ4n) is 3.75. The molecule has 0 aromatic carbocycles. The molecule has 6 nitrogen and oxygen atoms in total. The van der Waals surface area contributed by atoms with E-state index in [1.54, 1.807) is 12.4 Å². The van der Waals surface area contributed by atoms with Gasteiger partial charge in [-0.25, -0.2) is 0 Å². The Kier molecular flexibility index (Phi) is 3.59. The SMILES string of the molecule is Cc1cncc([C@H]2CCCN2C(=O)c2n[nH]c3c2CCCC3)n1. The fourth-order valence-corrected chi connectivity index (χ4v) is 3.75. The van der Waals surface area contributed by atoms with Crippen molar-refractivity contribution in [2.45, 2.75) is 51.5 Å². The van der Waals surface area contributed by atoms with Crippen molar-refractivity contribution in [3.8, 4) is 0 Å². The van der Waals surface area contributed by atoms with Crippen LogP contribution in [0.4, 0.5) is 0 Å². The lowest BCUT2D eigenvalue weighted by Crippen LogP contribution is -2.32. The predicted molar refractivity (Wildman–Crippen MR) is 85.0 cm³/mol. The molecule has 0 unspecified atom stereocenters. The lowest BCUT2D eigenvalue weighted by Gasteiger charge is -2.24. The van der Waals surface area contributed by atoms with E-state index in [0.29, 0.717) is 5.69 Å². The predicted octanol–water partition coefficient (Wildman–Crippen LogP) is 2.36. The molecule has 1 aliphatic carbocycles. The summed E-state index contributed by atoms with van der Waals surface area (Å²) in [6.45, 7) is 2.70. The first-order valence-corrected chi connectivity index (χ1v) is 8.39. The van der Waals surface area contributed by atoms with Crippen molar-refractivity contribution in [3.63, 3.8) is 0 Å². The van der Waals surface area contributed by atoms with Gasteiger partial charge in [-0.1, -0.05) is 0 Å². The van der Waals surface area contributed by atoms with Gasteiger partial charge in [-0.05, 0) is 45.4 Å². The summed E-state index contributed by atoms with van der Waals surface area (Å²) in [7, 11) is 0. The molecular weight excluding hydrogens is 290 g/mol. The number of amides is 1. The Morgan fingerprint density at radius 2 is 2.13 bits per heavy atom. The van der Waals surface area contributed by atoms with E-state index < -0.39 is 0 Å². The van der Waals surface area contributed by atoms with Gasteiger partial charge in [0, 0.05) is 24.0 Å². The third kappa shape index (κ3) is 2.52. The van der Waals surface area contributed by atoms with Crippen LogP contribution in [0.1, 0.15) is 64.9 Å². The number of aromatic amines is 1. The fraction of sp³-hybridized carbons (Fsp3) is 0.529. The third-order valence-corrected chi connectivity index (χ3v) is 4.89. The molecule has 3 heterocycles. The first-order valence-electron chi connectivity index (χ1n) is 8.39. The Balaban J connectivity index is 1.64. The van der Waals surface area contributed by atoms with Gasteiger partial charge in [0.2, 0.25) is 0 Å². The van der Waals surface area contributed by atoms with E-state index >= 15 is 0 Å². The van der Waals surface area contributed by atoms with Crippen molar-refractivity contribution in [1.29, 1.82) is 0 Å². The average Bonchev–Trinajstić information content (AvgIpc) is 3.21. The quantitative estimate of drug-likeness (QED) is 0.924. The van der Waals surface area contributed by atoms with Crippen molar-refractivity contribution in [3.05, 3.63) is 40.7 Å². The molecule has 0 saturated carbocycles. The highest BCUT2D eigenvalue weighted by atomic mass is 16.2. The number of carbonyl (C=O) groups is 1. The molecule has 1 fully saturated rings. The molecular formula is C17H21N5O. The number of hydrogen-bond acceptors (Lipinski definition) is 4. The van der Waals surface area contributed by atoms with E-state index in [1.807, 2.05) is 11.8 Å². The van der Waals surface area contributed by atoms with Crippen molar-refractivity contribution >= 4 is 5.91 Å². The maximum atomic E-state index is 13.0. The maximum Gasteiger partial charge on any atom is 0.275 e. The minimum absolute atomic E-state index is 0.0193. The monoisotopic (exact) mass is 311 g/mol. The van der Waals surface area contributed by atoms with Gasteiger partial charge in [0.25, 0.3) is 5.91 Å². The molecule has 2 aromatic rings. The zero-order valence-electron chi connectivity index (χ0n) is 13.4. The lowest BCUT2D eigenvalue weighted by molar-refractivity contribution is 0.0725. The van der Waals surface area contributed by atoms with Gasteiger partial charge >= 0.3 is 0 Å². The van der Waals surface area contributed by atoms with Gasteiger partial charge in [0.1, 0.15) is 0 Å². The standard InChI is InChI=1S/C17H21N5O/c1-11-9-18-10-14(19-11)15-7-4-8-22(15)17(23)16-12-5-2-3-6-13(12)20-21-16/h9-10,15H,2-8H2,1H3,(H,20,21)/t15-/m1/s1. The summed E-state index contributed by atoms with van der Waals surface area (Å²) in [6.07, 6.45) is 9.73. The highest BCUT2D eigenvalue weighted by molar-refractivity contribution is 5.94. The van der Waals surface area contributed by atoms with Crippen LogP contribution in [0.5, 0.6) is 0 Å². The van der Waals surface area contributed by atoms with Gasteiger partial charge < -0.3 is 4.90 Å². The Morgan fingerprint density at radius 1 is 1.26 bits per heavy atom. The highest BCUT2D eigenvalue weighted by Crippen LogP contribution is 2.33. The second-order valence-electron chi connectivity index (χ2n) is 6.48. The van der Waals surface area contributed by atoms with Crippen LogP contribution < -0.4 is 0 Å². The Bertz CT molecular complexity index is 738. The van der Waals surface area contributed by atoms with Crippen LogP contribution in [0.25, 0.3) is 0 Å². The van der Waals surface area contributed by atoms with Crippen LogP contribution in [-0.4, -0.2) is 37.5 Å². The number of aromatic nitrogens is 4. The summed E-state index contributed by atoms with van der Waals surface area (Å²) in [6, 6.07) is 0.0193. The Morgan fingerprint density at radius 3 is 3.00 bits per heavy atom. The molecule has 1 atom stereocenters. The number of fused-ring (bicyclic) bond motifs is 1. The van der Waals surface area contributed by atoms with E-state index in [2.05, 4.69) is 20.2 Å². The number of aryl methyl sites for hydroxylation is 2. The molecule has 2 aliphatic rings. The van der Waals surface area contributed by atoms with Crippen LogP contribution >= 0.6 is 0 Å². The molecule has 120 valence electrons. The minimum atomic E-state index is 0.0193. The average molecular weight is 311 g/mol. The third-order valence-electron chi connectivity index (χ3n) is 4.89. The molecule has 4 rings (SSSR count). The number of rotatable bonds is 2. The van der Waals surface area contributed by atoms with Gasteiger partial charge in [-0.15, -0.1) is 0 Å². The van der Waals surface area contributed by atoms with Crippen LogP contribution in [0.3, 0.4) is 0 Å². The number of H-pyrrole nitrogens is 1. The summed E-state index contributed by atoms with van der Waals surface area (Å²) < 4.78 is 0. The zero-order chi connectivity index (χ0) is 15.8. The number of likely N-dealkylation sites (tertiary alicyclic amines) is 1. The summed E-state index contributed by atoms with van der Waals surface area (Å²) in [4.78, 5) is 23.8. The normalized spacial score (nSPS) is 20.6. The summed E-state index contributed by atoms with van der Waals surface area (Å²) in [5.41, 5.74) is 4.67. The number of nitrogens with one attached hydrogen (secondary N) is 1. The highest BCUT2D eigenvalue weighted by Gasteiger charge is 2.34. The topological polar surface area (TPSA) is 74.8 Å². The van der Waals surface area contributed by atoms with E-state index in [4.69, 9.17) is 0 Å².